The first-order valence-electron chi connectivity index (χ1n) is 5.15. The van der Waals surface area contributed by atoms with Gasteiger partial charge < -0.3 is 9.84 Å². The number of aliphatic imine (C=N–C) groups is 1. The number of para-hydroxylation sites is 1. The Morgan fingerprint density at radius 1 is 1.47 bits per heavy atom. The van der Waals surface area contributed by atoms with Gasteiger partial charge in [0.05, 0.1) is 7.11 Å². The van der Waals surface area contributed by atoms with Crippen molar-refractivity contribution >= 4 is 6.21 Å². The quantitative estimate of drug-likeness (QED) is 0.595. The van der Waals surface area contributed by atoms with E-state index in [1.54, 1.807) is 12.3 Å². The number of nitrogens with zero attached hydrogens (tertiary/aromatic N) is 1. The number of phenols is 1. The third kappa shape index (κ3) is 3.27. The normalized spacial score (nSPS) is 10.8. The standard InChI is InChI=1S/C12H17NO2/c1-3-4-8-13-9-10-6-5-7-11(15-2)12(10)14/h5-7,9,14H,3-4,8H2,1-2H3. The molecular weight excluding hydrogens is 190 g/mol. The molecule has 0 aliphatic heterocycles. The molecule has 0 bridgehead atoms. The maximum Gasteiger partial charge on any atom is 0.166 e. The average Bonchev–Trinajstić information content (AvgIpc) is 2.26. The molecule has 15 heavy (non-hydrogen) atoms. The molecule has 1 aromatic rings. The molecule has 0 aliphatic carbocycles. The van der Waals surface area contributed by atoms with E-state index in [1.807, 2.05) is 12.1 Å². The van der Waals surface area contributed by atoms with Gasteiger partial charge in [0.2, 0.25) is 0 Å². The Bertz CT molecular complexity index is 334. The monoisotopic (exact) mass is 207 g/mol. The highest BCUT2D eigenvalue weighted by atomic mass is 16.5. The van der Waals surface area contributed by atoms with E-state index in [0.29, 0.717) is 11.3 Å². The van der Waals surface area contributed by atoms with Crippen LogP contribution >= 0.6 is 0 Å². The Morgan fingerprint density at radius 2 is 2.27 bits per heavy atom. The SMILES string of the molecule is CCCCN=Cc1cccc(OC)c1O. The molecule has 1 N–H and O–H groups in total. The first kappa shape index (κ1) is 11.6. The number of benzene rings is 1. The van der Waals surface area contributed by atoms with E-state index < -0.39 is 0 Å². The van der Waals surface area contributed by atoms with Crippen molar-refractivity contribution in [2.45, 2.75) is 19.8 Å². The van der Waals surface area contributed by atoms with Crippen molar-refractivity contribution in [2.24, 2.45) is 4.99 Å². The minimum absolute atomic E-state index is 0.153. The van der Waals surface area contributed by atoms with E-state index in [-0.39, 0.29) is 5.75 Å². The fourth-order valence-electron chi connectivity index (χ4n) is 1.22. The van der Waals surface area contributed by atoms with Crippen LogP contribution in [-0.4, -0.2) is 25.0 Å². The van der Waals surface area contributed by atoms with Crippen LogP contribution in [0.5, 0.6) is 11.5 Å². The number of hydrogen-bond acceptors (Lipinski definition) is 3. The minimum atomic E-state index is 0.153. The molecule has 3 nitrogen and oxygen atoms in total. The van der Waals surface area contributed by atoms with Crippen molar-refractivity contribution < 1.29 is 9.84 Å². The van der Waals surface area contributed by atoms with E-state index in [1.165, 1.54) is 7.11 Å². The van der Waals surface area contributed by atoms with Gasteiger partial charge in [-0.15, -0.1) is 0 Å². The highest BCUT2D eigenvalue weighted by molar-refractivity contribution is 5.84. The molecule has 0 atom stereocenters. The van der Waals surface area contributed by atoms with Crippen LogP contribution in [0.15, 0.2) is 23.2 Å². The van der Waals surface area contributed by atoms with Crippen LogP contribution in [0.25, 0.3) is 0 Å². The van der Waals surface area contributed by atoms with Crippen LogP contribution in [0.1, 0.15) is 25.3 Å². The summed E-state index contributed by atoms with van der Waals surface area (Å²) < 4.78 is 5.00. The molecule has 1 rings (SSSR count). The Labute approximate surface area is 90.4 Å². The molecule has 0 saturated carbocycles. The van der Waals surface area contributed by atoms with Gasteiger partial charge in [-0.1, -0.05) is 19.4 Å². The summed E-state index contributed by atoms with van der Waals surface area (Å²) >= 11 is 0. The summed E-state index contributed by atoms with van der Waals surface area (Å²) in [5.74, 6) is 0.634. The Kier molecular flexibility index (Phi) is 4.68. The number of phenolic OH excluding ortho intramolecular Hbond substituents is 1. The van der Waals surface area contributed by atoms with Crippen molar-refractivity contribution in [3.05, 3.63) is 23.8 Å². The van der Waals surface area contributed by atoms with E-state index >= 15 is 0 Å². The van der Waals surface area contributed by atoms with Crippen molar-refractivity contribution in [2.75, 3.05) is 13.7 Å². The van der Waals surface area contributed by atoms with Crippen molar-refractivity contribution in [3.8, 4) is 11.5 Å². The Morgan fingerprint density at radius 3 is 2.93 bits per heavy atom. The van der Waals surface area contributed by atoms with Crippen LogP contribution in [0, 0.1) is 0 Å². The molecule has 0 heterocycles. The van der Waals surface area contributed by atoms with E-state index in [2.05, 4.69) is 11.9 Å². The van der Waals surface area contributed by atoms with Crippen LogP contribution in [0.4, 0.5) is 0 Å². The molecule has 0 unspecified atom stereocenters. The van der Waals surface area contributed by atoms with Gasteiger partial charge in [-0.3, -0.25) is 4.99 Å². The molecule has 0 radical (unpaired) electrons. The van der Waals surface area contributed by atoms with Crippen molar-refractivity contribution in [3.63, 3.8) is 0 Å². The second-order valence-electron chi connectivity index (χ2n) is 3.29. The van der Waals surface area contributed by atoms with Crippen LogP contribution in [0.3, 0.4) is 0 Å². The summed E-state index contributed by atoms with van der Waals surface area (Å²) in [6.07, 6.45) is 3.89. The lowest BCUT2D eigenvalue weighted by Crippen LogP contribution is -1.89. The number of methoxy groups -OCH3 is 1. The number of hydrogen-bond donors (Lipinski definition) is 1. The predicted molar refractivity (Wildman–Crippen MR) is 62.0 cm³/mol. The van der Waals surface area contributed by atoms with E-state index in [9.17, 15) is 5.11 Å². The number of unbranched alkanes of at least 4 members (excludes halogenated alkanes) is 1. The highest BCUT2D eigenvalue weighted by Crippen LogP contribution is 2.27. The van der Waals surface area contributed by atoms with Gasteiger partial charge in [0.1, 0.15) is 0 Å². The number of ether oxygens (including phenoxy) is 1. The third-order valence-corrected chi connectivity index (χ3v) is 2.12. The van der Waals surface area contributed by atoms with Crippen molar-refractivity contribution in [1.29, 1.82) is 0 Å². The van der Waals surface area contributed by atoms with Gasteiger partial charge in [0, 0.05) is 18.3 Å². The maximum absolute atomic E-state index is 9.73. The summed E-state index contributed by atoms with van der Waals surface area (Å²) in [5.41, 5.74) is 0.699. The predicted octanol–water partition coefficient (Wildman–Crippen LogP) is 2.62. The first-order valence-corrected chi connectivity index (χ1v) is 5.15. The van der Waals surface area contributed by atoms with E-state index in [0.717, 1.165) is 19.4 Å². The molecule has 0 aliphatic rings. The molecule has 3 heteroatoms. The lowest BCUT2D eigenvalue weighted by Gasteiger charge is -2.04. The molecule has 0 spiro atoms. The van der Waals surface area contributed by atoms with Gasteiger partial charge in [0.25, 0.3) is 0 Å². The van der Waals surface area contributed by atoms with Gasteiger partial charge in [-0.05, 0) is 18.6 Å². The zero-order valence-corrected chi connectivity index (χ0v) is 9.23. The molecule has 0 amide bonds. The lowest BCUT2D eigenvalue weighted by molar-refractivity contribution is 0.373. The van der Waals surface area contributed by atoms with Gasteiger partial charge in [-0.2, -0.15) is 0 Å². The fraction of sp³-hybridized carbons (Fsp3) is 0.417. The summed E-state index contributed by atoms with van der Waals surface area (Å²) in [6, 6.07) is 5.37. The average molecular weight is 207 g/mol. The smallest absolute Gasteiger partial charge is 0.166 e. The third-order valence-electron chi connectivity index (χ3n) is 2.12. The Balaban J connectivity index is 2.72. The second kappa shape index (κ2) is 6.06. The summed E-state index contributed by atoms with van der Waals surface area (Å²) in [5, 5.41) is 9.73. The summed E-state index contributed by atoms with van der Waals surface area (Å²) in [4.78, 5) is 4.23. The van der Waals surface area contributed by atoms with Crippen molar-refractivity contribution in [1.82, 2.24) is 0 Å². The maximum atomic E-state index is 9.73. The zero-order valence-electron chi connectivity index (χ0n) is 9.23. The van der Waals surface area contributed by atoms with Gasteiger partial charge in [-0.25, -0.2) is 0 Å². The molecule has 0 fully saturated rings. The van der Waals surface area contributed by atoms with Gasteiger partial charge in [0.15, 0.2) is 11.5 Å². The topological polar surface area (TPSA) is 41.8 Å². The number of aromatic hydroxyl groups is 1. The molecular formula is C12H17NO2. The summed E-state index contributed by atoms with van der Waals surface area (Å²) in [7, 11) is 1.53. The number of rotatable bonds is 5. The van der Waals surface area contributed by atoms with Gasteiger partial charge >= 0.3 is 0 Å². The lowest BCUT2D eigenvalue weighted by atomic mass is 10.2. The molecule has 82 valence electrons. The van der Waals surface area contributed by atoms with Crippen LogP contribution in [-0.2, 0) is 0 Å². The molecule has 0 aromatic heterocycles. The van der Waals surface area contributed by atoms with E-state index in [4.69, 9.17) is 4.74 Å². The first-order chi connectivity index (χ1) is 7.29. The summed E-state index contributed by atoms with van der Waals surface area (Å²) in [6.45, 7) is 2.92. The molecule has 0 saturated heterocycles. The fourth-order valence-corrected chi connectivity index (χ4v) is 1.22. The van der Waals surface area contributed by atoms with Crippen LogP contribution in [0.2, 0.25) is 0 Å². The zero-order chi connectivity index (χ0) is 11.1. The molecule has 1 aromatic carbocycles. The largest absolute Gasteiger partial charge is 0.504 e. The Hall–Kier alpha value is -1.51. The minimum Gasteiger partial charge on any atom is -0.504 e. The van der Waals surface area contributed by atoms with Crippen LogP contribution < -0.4 is 4.74 Å². The second-order valence-corrected chi connectivity index (χ2v) is 3.29. The highest BCUT2D eigenvalue weighted by Gasteiger charge is 2.03.